The Labute approximate surface area is 120 Å². The highest BCUT2D eigenvalue weighted by molar-refractivity contribution is 9.08. The van der Waals surface area contributed by atoms with Gasteiger partial charge in [0.05, 0.1) is 11.5 Å². The number of methoxy groups -OCH3 is 1. The van der Waals surface area contributed by atoms with Gasteiger partial charge in [-0.05, 0) is 18.6 Å². The Hall–Kier alpha value is -1.14. The Bertz CT molecular complexity index is 467. The summed E-state index contributed by atoms with van der Waals surface area (Å²) in [7, 11) is 1.72. The van der Waals surface area contributed by atoms with E-state index in [-0.39, 0.29) is 10.6 Å². The first-order valence-corrected chi connectivity index (χ1v) is 7.35. The normalized spacial score (nSPS) is 18.8. The van der Waals surface area contributed by atoms with Crippen LogP contribution in [0.25, 0.3) is 0 Å². The molecule has 5 nitrogen and oxygen atoms in total. The minimum atomic E-state index is -0.335. The lowest BCUT2D eigenvalue weighted by molar-refractivity contribution is -0.385. The second kappa shape index (κ2) is 6.34. The van der Waals surface area contributed by atoms with E-state index in [2.05, 4.69) is 20.8 Å². The fourth-order valence-corrected chi connectivity index (χ4v) is 2.94. The fourth-order valence-electron chi connectivity index (χ4n) is 2.49. The molecule has 1 aliphatic rings. The molecule has 0 aromatic heterocycles. The third-order valence-electron chi connectivity index (χ3n) is 3.46. The molecule has 0 aliphatic carbocycles. The molecule has 2 rings (SSSR count). The van der Waals surface area contributed by atoms with Gasteiger partial charge in [-0.25, -0.2) is 0 Å². The van der Waals surface area contributed by atoms with Crippen molar-refractivity contribution < 1.29 is 9.66 Å². The van der Waals surface area contributed by atoms with Gasteiger partial charge in [0, 0.05) is 48.8 Å². The number of nitro benzene ring substituents is 1. The summed E-state index contributed by atoms with van der Waals surface area (Å²) in [5.74, 6) is 0.549. The summed E-state index contributed by atoms with van der Waals surface area (Å²) in [6.45, 7) is 2.70. The van der Waals surface area contributed by atoms with Crippen molar-refractivity contribution in [1.82, 2.24) is 0 Å². The number of alkyl halides is 1. The van der Waals surface area contributed by atoms with Crippen LogP contribution >= 0.6 is 15.9 Å². The predicted molar refractivity (Wildman–Crippen MR) is 77.9 cm³/mol. The molecule has 1 saturated heterocycles. The van der Waals surface area contributed by atoms with Crippen molar-refractivity contribution in [2.45, 2.75) is 11.8 Å². The SMILES string of the molecule is COCC1CCN(c2ccc([N+](=O)[O-])c(CBr)c2)C1. The summed E-state index contributed by atoms with van der Waals surface area (Å²) in [6, 6.07) is 5.33. The van der Waals surface area contributed by atoms with Crippen LogP contribution in [0.4, 0.5) is 11.4 Å². The number of rotatable bonds is 5. The number of anilines is 1. The molecular weight excluding hydrogens is 312 g/mol. The van der Waals surface area contributed by atoms with Gasteiger partial charge in [0.15, 0.2) is 0 Å². The van der Waals surface area contributed by atoms with Crippen molar-refractivity contribution in [1.29, 1.82) is 0 Å². The van der Waals surface area contributed by atoms with Gasteiger partial charge in [-0.2, -0.15) is 0 Å². The highest BCUT2D eigenvalue weighted by atomic mass is 79.9. The number of nitrogens with zero attached hydrogens (tertiary/aromatic N) is 2. The summed E-state index contributed by atoms with van der Waals surface area (Å²) in [6.07, 6.45) is 1.11. The zero-order valence-corrected chi connectivity index (χ0v) is 12.4. The molecule has 1 unspecified atom stereocenters. The van der Waals surface area contributed by atoms with E-state index < -0.39 is 0 Å². The Balaban J connectivity index is 2.16. The van der Waals surface area contributed by atoms with E-state index in [1.165, 1.54) is 0 Å². The molecule has 0 saturated carbocycles. The average molecular weight is 329 g/mol. The summed E-state index contributed by atoms with van der Waals surface area (Å²) in [5.41, 5.74) is 1.95. The number of benzene rings is 1. The lowest BCUT2D eigenvalue weighted by Crippen LogP contribution is -2.21. The number of ether oxygens (including phenoxy) is 1. The van der Waals surface area contributed by atoms with Gasteiger partial charge in [0.1, 0.15) is 0 Å². The molecule has 1 heterocycles. The lowest BCUT2D eigenvalue weighted by Gasteiger charge is -2.19. The Morgan fingerprint density at radius 3 is 3.00 bits per heavy atom. The van der Waals surface area contributed by atoms with E-state index in [1.54, 1.807) is 13.2 Å². The molecule has 1 atom stereocenters. The molecule has 0 bridgehead atoms. The van der Waals surface area contributed by atoms with Crippen molar-refractivity contribution in [3.8, 4) is 0 Å². The molecule has 19 heavy (non-hydrogen) atoms. The van der Waals surface area contributed by atoms with E-state index >= 15 is 0 Å². The van der Waals surface area contributed by atoms with Crippen molar-refractivity contribution in [2.24, 2.45) is 5.92 Å². The molecule has 0 spiro atoms. The van der Waals surface area contributed by atoms with Crippen LogP contribution in [-0.2, 0) is 10.1 Å². The van der Waals surface area contributed by atoms with Crippen molar-refractivity contribution in [3.05, 3.63) is 33.9 Å². The Morgan fingerprint density at radius 2 is 2.37 bits per heavy atom. The zero-order valence-electron chi connectivity index (χ0n) is 10.8. The smallest absolute Gasteiger partial charge is 0.273 e. The summed E-state index contributed by atoms with van der Waals surface area (Å²) in [5, 5.41) is 11.4. The Morgan fingerprint density at radius 1 is 1.58 bits per heavy atom. The maximum absolute atomic E-state index is 10.9. The maximum Gasteiger partial charge on any atom is 0.273 e. The second-order valence-electron chi connectivity index (χ2n) is 4.76. The van der Waals surface area contributed by atoms with Crippen LogP contribution < -0.4 is 4.90 Å². The van der Waals surface area contributed by atoms with E-state index in [9.17, 15) is 10.1 Å². The standard InChI is InChI=1S/C13H17BrN2O3/c1-19-9-10-4-5-15(8-10)12-2-3-13(16(17)18)11(6-12)7-14/h2-3,6,10H,4-5,7-9H2,1H3. The van der Waals surface area contributed by atoms with Crippen LogP contribution in [0.3, 0.4) is 0 Å². The third-order valence-corrected chi connectivity index (χ3v) is 4.06. The van der Waals surface area contributed by atoms with Crippen LogP contribution in [-0.4, -0.2) is 31.7 Å². The third kappa shape index (κ3) is 3.25. The summed E-state index contributed by atoms with van der Waals surface area (Å²) >= 11 is 3.31. The molecule has 1 aliphatic heterocycles. The molecule has 6 heteroatoms. The highest BCUT2D eigenvalue weighted by Crippen LogP contribution is 2.30. The molecular formula is C13H17BrN2O3. The van der Waals surface area contributed by atoms with Gasteiger partial charge in [0.25, 0.3) is 5.69 Å². The van der Waals surface area contributed by atoms with E-state index in [0.29, 0.717) is 11.2 Å². The largest absolute Gasteiger partial charge is 0.384 e. The fraction of sp³-hybridized carbons (Fsp3) is 0.538. The van der Waals surface area contributed by atoms with Gasteiger partial charge < -0.3 is 9.64 Å². The first-order chi connectivity index (χ1) is 9.15. The minimum absolute atomic E-state index is 0.174. The topological polar surface area (TPSA) is 55.6 Å². The number of hydrogen-bond acceptors (Lipinski definition) is 4. The first-order valence-electron chi connectivity index (χ1n) is 6.23. The lowest BCUT2D eigenvalue weighted by atomic mass is 10.1. The molecule has 104 valence electrons. The number of nitro groups is 1. The van der Waals surface area contributed by atoms with Crippen LogP contribution in [0.15, 0.2) is 18.2 Å². The zero-order chi connectivity index (χ0) is 13.8. The van der Waals surface area contributed by atoms with Gasteiger partial charge in [0.2, 0.25) is 0 Å². The Kier molecular flexibility index (Phi) is 4.76. The number of hydrogen-bond donors (Lipinski definition) is 0. The molecule has 0 radical (unpaired) electrons. The van der Waals surface area contributed by atoms with Gasteiger partial charge >= 0.3 is 0 Å². The van der Waals surface area contributed by atoms with Crippen LogP contribution in [0.5, 0.6) is 0 Å². The van der Waals surface area contributed by atoms with Crippen LogP contribution in [0, 0.1) is 16.0 Å². The predicted octanol–water partition coefficient (Wildman–Crippen LogP) is 2.96. The monoisotopic (exact) mass is 328 g/mol. The van der Waals surface area contributed by atoms with E-state index in [0.717, 1.165) is 37.4 Å². The summed E-state index contributed by atoms with van der Waals surface area (Å²) < 4.78 is 5.18. The average Bonchev–Trinajstić information content (AvgIpc) is 2.87. The van der Waals surface area contributed by atoms with Gasteiger partial charge in [-0.3, -0.25) is 10.1 Å². The molecule has 1 aromatic carbocycles. The second-order valence-corrected chi connectivity index (χ2v) is 5.32. The quantitative estimate of drug-likeness (QED) is 0.473. The first kappa shape index (κ1) is 14.3. The van der Waals surface area contributed by atoms with Crippen LogP contribution in [0.2, 0.25) is 0 Å². The highest BCUT2D eigenvalue weighted by Gasteiger charge is 2.24. The van der Waals surface area contributed by atoms with Crippen molar-refractivity contribution >= 4 is 27.3 Å². The molecule has 0 amide bonds. The molecule has 1 aromatic rings. The van der Waals surface area contributed by atoms with Gasteiger partial charge in [-0.1, -0.05) is 15.9 Å². The molecule has 1 fully saturated rings. The van der Waals surface area contributed by atoms with Crippen molar-refractivity contribution in [3.63, 3.8) is 0 Å². The summed E-state index contributed by atoms with van der Waals surface area (Å²) in [4.78, 5) is 12.8. The van der Waals surface area contributed by atoms with Gasteiger partial charge in [-0.15, -0.1) is 0 Å². The minimum Gasteiger partial charge on any atom is -0.384 e. The van der Waals surface area contributed by atoms with E-state index in [1.807, 2.05) is 12.1 Å². The number of halogens is 1. The van der Waals surface area contributed by atoms with Crippen molar-refractivity contribution in [2.75, 3.05) is 31.7 Å². The molecule has 0 N–H and O–H groups in total. The maximum atomic E-state index is 10.9. The van der Waals surface area contributed by atoms with E-state index in [4.69, 9.17) is 4.74 Å². The van der Waals surface area contributed by atoms with Crippen LogP contribution in [0.1, 0.15) is 12.0 Å².